The summed E-state index contributed by atoms with van der Waals surface area (Å²) in [4.78, 5) is 10.5. The number of unbranched alkanes of at least 4 members (excludes halogenated alkanes) is 12. The van der Waals surface area contributed by atoms with E-state index in [0.29, 0.717) is 6.42 Å². The third kappa shape index (κ3) is 21.3. The summed E-state index contributed by atoms with van der Waals surface area (Å²) in [7, 11) is 0. The molecule has 1 N–H and O–H groups in total. The zero-order valence-corrected chi connectivity index (χ0v) is 21.7. The molecule has 0 spiro atoms. The summed E-state index contributed by atoms with van der Waals surface area (Å²) in [6.07, 6.45) is 38.5. The Morgan fingerprint density at radius 3 is 1.16 bits per heavy atom. The Balaban J connectivity index is 1.90. The SMILES string of the molecule is O=C(O)CCCCCCCCCCCCCCCC1CCCCCCCCCCCCC1. The Morgan fingerprint density at radius 1 is 0.469 bits per heavy atom. The molecule has 1 rings (SSSR count). The van der Waals surface area contributed by atoms with Crippen LogP contribution >= 0.6 is 0 Å². The van der Waals surface area contributed by atoms with E-state index in [1.165, 1.54) is 161 Å². The highest BCUT2D eigenvalue weighted by molar-refractivity contribution is 5.66. The number of hydrogen-bond donors (Lipinski definition) is 1. The van der Waals surface area contributed by atoms with E-state index in [9.17, 15) is 4.79 Å². The minimum absolute atomic E-state index is 0.348. The van der Waals surface area contributed by atoms with Crippen LogP contribution in [0.2, 0.25) is 0 Å². The summed E-state index contributed by atoms with van der Waals surface area (Å²) in [6, 6.07) is 0. The molecule has 0 aromatic carbocycles. The summed E-state index contributed by atoms with van der Waals surface area (Å²) < 4.78 is 0. The lowest BCUT2D eigenvalue weighted by Crippen LogP contribution is -2.02. The van der Waals surface area contributed by atoms with Crippen LogP contribution in [0.15, 0.2) is 0 Å². The number of carboxylic acid groups (broad SMARTS) is 1. The van der Waals surface area contributed by atoms with Gasteiger partial charge in [-0.15, -0.1) is 0 Å². The topological polar surface area (TPSA) is 37.3 Å². The van der Waals surface area contributed by atoms with Gasteiger partial charge in [0, 0.05) is 6.42 Å². The van der Waals surface area contributed by atoms with Gasteiger partial charge in [-0.2, -0.15) is 0 Å². The third-order valence-electron chi connectivity index (χ3n) is 7.73. The second-order valence-corrected chi connectivity index (χ2v) is 10.9. The van der Waals surface area contributed by atoms with Crippen molar-refractivity contribution in [1.29, 1.82) is 0 Å². The van der Waals surface area contributed by atoms with Gasteiger partial charge in [-0.3, -0.25) is 4.79 Å². The normalized spacial score (nSPS) is 17.8. The van der Waals surface area contributed by atoms with Gasteiger partial charge in [-0.1, -0.05) is 167 Å². The highest BCUT2D eigenvalue weighted by Crippen LogP contribution is 2.25. The van der Waals surface area contributed by atoms with E-state index in [1.807, 2.05) is 0 Å². The first-order chi connectivity index (χ1) is 15.8. The van der Waals surface area contributed by atoms with Crippen molar-refractivity contribution in [3.63, 3.8) is 0 Å². The molecular formula is C30H58O2. The first-order valence-corrected chi connectivity index (χ1v) is 15.0. The maximum Gasteiger partial charge on any atom is 0.303 e. The van der Waals surface area contributed by atoms with Crippen LogP contribution in [-0.2, 0) is 4.79 Å². The predicted molar refractivity (Wildman–Crippen MR) is 140 cm³/mol. The molecule has 1 fully saturated rings. The Hall–Kier alpha value is -0.530. The zero-order chi connectivity index (χ0) is 23.0. The van der Waals surface area contributed by atoms with Crippen LogP contribution in [0, 0.1) is 5.92 Å². The maximum absolute atomic E-state index is 10.5. The van der Waals surface area contributed by atoms with E-state index < -0.39 is 5.97 Å². The van der Waals surface area contributed by atoms with Crippen molar-refractivity contribution in [1.82, 2.24) is 0 Å². The predicted octanol–water partition coefficient (Wildman–Crippen LogP) is 10.6. The summed E-state index contributed by atoms with van der Waals surface area (Å²) in [5.41, 5.74) is 0. The van der Waals surface area contributed by atoms with Crippen molar-refractivity contribution in [3.05, 3.63) is 0 Å². The lowest BCUT2D eigenvalue weighted by Gasteiger charge is -2.17. The monoisotopic (exact) mass is 450 g/mol. The zero-order valence-electron chi connectivity index (χ0n) is 21.7. The van der Waals surface area contributed by atoms with Crippen LogP contribution in [0.25, 0.3) is 0 Å². The highest BCUT2D eigenvalue weighted by Gasteiger charge is 2.09. The lowest BCUT2D eigenvalue weighted by atomic mass is 9.89. The van der Waals surface area contributed by atoms with Gasteiger partial charge >= 0.3 is 5.97 Å². The summed E-state index contributed by atoms with van der Waals surface area (Å²) in [5.74, 6) is 0.383. The van der Waals surface area contributed by atoms with Crippen LogP contribution in [0.3, 0.4) is 0 Å². The average Bonchev–Trinajstić information content (AvgIpc) is 2.78. The van der Waals surface area contributed by atoms with Crippen LogP contribution in [0.1, 0.15) is 180 Å². The molecule has 0 aliphatic heterocycles. The van der Waals surface area contributed by atoms with Gasteiger partial charge in [-0.05, 0) is 12.3 Å². The molecular weight excluding hydrogens is 392 g/mol. The number of rotatable bonds is 16. The molecule has 0 radical (unpaired) electrons. The Bertz CT molecular complexity index is 378. The number of carboxylic acids is 1. The number of hydrogen-bond acceptors (Lipinski definition) is 1. The molecule has 0 saturated heterocycles. The maximum atomic E-state index is 10.5. The van der Waals surface area contributed by atoms with E-state index in [1.54, 1.807) is 0 Å². The lowest BCUT2D eigenvalue weighted by molar-refractivity contribution is -0.137. The third-order valence-corrected chi connectivity index (χ3v) is 7.73. The molecule has 0 aromatic rings. The fourth-order valence-corrected chi connectivity index (χ4v) is 5.54. The smallest absolute Gasteiger partial charge is 0.303 e. The molecule has 2 nitrogen and oxygen atoms in total. The van der Waals surface area contributed by atoms with Gasteiger partial charge in [0.1, 0.15) is 0 Å². The molecule has 2 heteroatoms. The Kier molecular flexibility index (Phi) is 21.8. The van der Waals surface area contributed by atoms with E-state index in [2.05, 4.69) is 0 Å². The Labute approximate surface area is 201 Å². The van der Waals surface area contributed by atoms with Crippen LogP contribution in [0.4, 0.5) is 0 Å². The molecule has 1 aliphatic rings. The number of aliphatic carboxylic acids is 1. The molecule has 0 aromatic heterocycles. The van der Waals surface area contributed by atoms with E-state index in [-0.39, 0.29) is 0 Å². The van der Waals surface area contributed by atoms with Gasteiger partial charge in [0.15, 0.2) is 0 Å². The van der Waals surface area contributed by atoms with Crippen molar-refractivity contribution < 1.29 is 9.90 Å². The van der Waals surface area contributed by atoms with Crippen molar-refractivity contribution in [2.75, 3.05) is 0 Å². The minimum atomic E-state index is -0.646. The van der Waals surface area contributed by atoms with Gasteiger partial charge in [0.2, 0.25) is 0 Å². The van der Waals surface area contributed by atoms with Crippen LogP contribution in [-0.4, -0.2) is 11.1 Å². The summed E-state index contributed by atoms with van der Waals surface area (Å²) in [5, 5.41) is 8.63. The van der Waals surface area contributed by atoms with Crippen molar-refractivity contribution in [2.45, 2.75) is 180 Å². The molecule has 0 amide bonds. The molecule has 190 valence electrons. The molecule has 32 heavy (non-hydrogen) atoms. The average molecular weight is 451 g/mol. The summed E-state index contributed by atoms with van der Waals surface area (Å²) >= 11 is 0. The second-order valence-electron chi connectivity index (χ2n) is 10.9. The number of carbonyl (C=O) groups is 1. The largest absolute Gasteiger partial charge is 0.481 e. The van der Waals surface area contributed by atoms with Gasteiger partial charge in [0.25, 0.3) is 0 Å². The second kappa shape index (κ2) is 23.6. The molecule has 0 unspecified atom stereocenters. The first kappa shape index (κ1) is 29.5. The van der Waals surface area contributed by atoms with Crippen LogP contribution in [0.5, 0.6) is 0 Å². The van der Waals surface area contributed by atoms with Gasteiger partial charge in [0.05, 0.1) is 0 Å². The molecule has 1 aliphatic carbocycles. The molecule has 0 atom stereocenters. The van der Waals surface area contributed by atoms with Crippen molar-refractivity contribution in [2.24, 2.45) is 5.92 Å². The van der Waals surface area contributed by atoms with Crippen LogP contribution < -0.4 is 0 Å². The van der Waals surface area contributed by atoms with Crippen molar-refractivity contribution in [3.8, 4) is 0 Å². The van der Waals surface area contributed by atoms with Gasteiger partial charge in [-0.25, -0.2) is 0 Å². The van der Waals surface area contributed by atoms with Gasteiger partial charge < -0.3 is 5.11 Å². The standard InChI is InChI=1S/C30H58O2/c31-30(32)28-24-20-16-12-8-3-1-2-5-9-13-17-21-25-29-26-22-18-14-10-6-4-7-11-15-19-23-27-29/h29H,1-28H2,(H,31,32). The fraction of sp³-hybridized carbons (Fsp3) is 0.967. The summed E-state index contributed by atoms with van der Waals surface area (Å²) in [6.45, 7) is 0. The highest BCUT2D eigenvalue weighted by atomic mass is 16.4. The van der Waals surface area contributed by atoms with E-state index in [0.717, 1.165) is 18.8 Å². The molecule has 0 heterocycles. The Morgan fingerprint density at radius 2 is 0.781 bits per heavy atom. The van der Waals surface area contributed by atoms with E-state index in [4.69, 9.17) is 5.11 Å². The minimum Gasteiger partial charge on any atom is -0.481 e. The van der Waals surface area contributed by atoms with E-state index >= 15 is 0 Å². The molecule has 0 bridgehead atoms. The molecule has 1 saturated carbocycles. The van der Waals surface area contributed by atoms with Crippen molar-refractivity contribution >= 4 is 5.97 Å². The fourth-order valence-electron chi connectivity index (χ4n) is 5.54. The quantitative estimate of drug-likeness (QED) is 0.237. The first-order valence-electron chi connectivity index (χ1n) is 15.0.